The smallest absolute Gasteiger partial charge is 0.313 e. The number of benzene rings is 2. The third kappa shape index (κ3) is 6.78. The fourth-order valence-electron chi connectivity index (χ4n) is 3.49. The molecule has 0 bridgehead atoms. The van der Waals surface area contributed by atoms with Gasteiger partial charge in [0.1, 0.15) is 0 Å². The lowest BCUT2D eigenvalue weighted by atomic mass is 9.96. The molecule has 0 aliphatic heterocycles. The van der Waals surface area contributed by atoms with Gasteiger partial charge in [0.2, 0.25) is 10.0 Å². The van der Waals surface area contributed by atoms with Crippen molar-refractivity contribution in [3.8, 4) is 0 Å². The fraction of sp³-hybridized carbons (Fsp3) is 0.364. The molecule has 1 aliphatic rings. The minimum absolute atomic E-state index is 0.00514. The summed E-state index contributed by atoms with van der Waals surface area (Å²) >= 11 is 5.96. The zero-order valence-corrected chi connectivity index (χ0v) is 18.6. The maximum absolute atomic E-state index is 12.5. The van der Waals surface area contributed by atoms with E-state index < -0.39 is 21.8 Å². The van der Waals surface area contributed by atoms with E-state index in [4.69, 9.17) is 11.6 Å². The van der Waals surface area contributed by atoms with Gasteiger partial charge >= 0.3 is 11.8 Å². The SMILES string of the molecule is O=C(NCCc1ccc(S(=O)(=O)NC2CCCCC2)cc1)C(=O)Nc1ccccc1Cl. The summed E-state index contributed by atoms with van der Waals surface area (Å²) in [7, 11) is -3.54. The highest BCUT2D eigenvalue weighted by molar-refractivity contribution is 7.89. The van der Waals surface area contributed by atoms with Crippen LogP contribution in [0.3, 0.4) is 0 Å². The van der Waals surface area contributed by atoms with Gasteiger partial charge in [-0.1, -0.05) is 55.1 Å². The highest BCUT2D eigenvalue weighted by Gasteiger charge is 2.21. The Kier molecular flexibility index (Phi) is 8.06. The first kappa shape index (κ1) is 23.2. The average Bonchev–Trinajstić information content (AvgIpc) is 2.76. The molecule has 0 heterocycles. The van der Waals surface area contributed by atoms with Crippen LogP contribution in [0, 0.1) is 0 Å². The molecule has 166 valence electrons. The lowest BCUT2D eigenvalue weighted by Gasteiger charge is -2.22. The van der Waals surface area contributed by atoms with E-state index in [1.807, 2.05) is 0 Å². The zero-order valence-electron chi connectivity index (χ0n) is 17.1. The number of anilines is 1. The molecule has 2 aromatic rings. The predicted octanol–water partition coefficient (Wildman–Crippen LogP) is 3.25. The first-order valence-electron chi connectivity index (χ1n) is 10.3. The molecule has 1 aliphatic carbocycles. The topological polar surface area (TPSA) is 104 Å². The van der Waals surface area contributed by atoms with Crippen molar-refractivity contribution in [3.63, 3.8) is 0 Å². The monoisotopic (exact) mass is 463 g/mol. The first-order valence-corrected chi connectivity index (χ1v) is 12.2. The Labute approximate surface area is 187 Å². The van der Waals surface area contributed by atoms with Crippen LogP contribution in [0.4, 0.5) is 5.69 Å². The maximum Gasteiger partial charge on any atom is 0.313 e. The largest absolute Gasteiger partial charge is 0.347 e. The second kappa shape index (κ2) is 10.7. The number of sulfonamides is 1. The molecule has 0 spiro atoms. The molecule has 9 heteroatoms. The molecule has 3 N–H and O–H groups in total. The van der Waals surface area contributed by atoms with E-state index >= 15 is 0 Å². The van der Waals surface area contributed by atoms with Gasteiger partial charge < -0.3 is 10.6 Å². The van der Waals surface area contributed by atoms with Gasteiger partial charge in [-0.3, -0.25) is 9.59 Å². The lowest BCUT2D eigenvalue weighted by molar-refractivity contribution is -0.136. The van der Waals surface area contributed by atoms with Crippen LogP contribution in [-0.4, -0.2) is 32.8 Å². The molecule has 0 radical (unpaired) electrons. The second-order valence-corrected chi connectivity index (χ2v) is 9.66. The van der Waals surface area contributed by atoms with Gasteiger partial charge in [-0.15, -0.1) is 0 Å². The van der Waals surface area contributed by atoms with Gasteiger partial charge in [0.25, 0.3) is 0 Å². The molecule has 3 rings (SSSR count). The molecule has 0 atom stereocenters. The number of halogens is 1. The molecule has 0 unspecified atom stereocenters. The maximum atomic E-state index is 12.5. The van der Waals surface area contributed by atoms with Crippen LogP contribution in [0.25, 0.3) is 0 Å². The Morgan fingerprint density at radius 1 is 0.935 bits per heavy atom. The van der Waals surface area contributed by atoms with E-state index in [0.717, 1.165) is 37.7 Å². The van der Waals surface area contributed by atoms with E-state index in [2.05, 4.69) is 15.4 Å². The molecule has 0 aromatic heterocycles. The zero-order chi connectivity index (χ0) is 22.3. The molecule has 1 saturated carbocycles. The third-order valence-corrected chi connectivity index (χ3v) is 7.05. The van der Waals surface area contributed by atoms with Crippen LogP contribution in [-0.2, 0) is 26.0 Å². The molecule has 2 amide bonds. The van der Waals surface area contributed by atoms with Gasteiger partial charge in [0, 0.05) is 12.6 Å². The number of hydrogen-bond acceptors (Lipinski definition) is 4. The number of para-hydroxylation sites is 1. The summed E-state index contributed by atoms with van der Waals surface area (Å²) in [4.78, 5) is 24.2. The number of hydrogen-bond donors (Lipinski definition) is 3. The number of amides is 2. The Morgan fingerprint density at radius 2 is 1.61 bits per heavy atom. The standard InChI is InChI=1S/C22H26ClN3O4S/c23-19-8-4-5-9-20(19)25-22(28)21(27)24-15-14-16-10-12-18(13-11-16)31(29,30)26-17-6-2-1-3-7-17/h4-5,8-13,17,26H,1-3,6-7,14-15H2,(H,24,27)(H,25,28). The average molecular weight is 464 g/mol. The van der Waals surface area contributed by atoms with Crippen molar-refractivity contribution < 1.29 is 18.0 Å². The fourth-order valence-corrected chi connectivity index (χ4v) is 4.97. The molecule has 31 heavy (non-hydrogen) atoms. The van der Waals surface area contributed by atoms with E-state index in [1.54, 1.807) is 48.5 Å². The van der Waals surface area contributed by atoms with E-state index in [0.29, 0.717) is 17.1 Å². The Bertz CT molecular complexity index is 1020. The number of nitrogens with one attached hydrogen (secondary N) is 3. The van der Waals surface area contributed by atoms with Gasteiger partial charge in [0.05, 0.1) is 15.6 Å². The van der Waals surface area contributed by atoms with Crippen molar-refractivity contribution >= 4 is 39.1 Å². The summed E-state index contributed by atoms with van der Waals surface area (Å²) in [5.41, 5.74) is 1.21. The van der Waals surface area contributed by atoms with Crippen molar-refractivity contribution in [2.24, 2.45) is 0 Å². The molecule has 1 fully saturated rings. The Hall–Kier alpha value is -2.42. The quantitative estimate of drug-likeness (QED) is 0.548. The van der Waals surface area contributed by atoms with Crippen LogP contribution in [0.2, 0.25) is 5.02 Å². The van der Waals surface area contributed by atoms with E-state index in [-0.39, 0.29) is 17.5 Å². The van der Waals surface area contributed by atoms with Gasteiger partial charge in [-0.05, 0) is 49.1 Å². The van der Waals surface area contributed by atoms with Crippen molar-refractivity contribution in [1.29, 1.82) is 0 Å². The van der Waals surface area contributed by atoms with Crippen molar-refractivity contribution in [2.75, 3.05) is 11.9 Å². The van der Waals surface area contributed by atoms with Crippen LogP contribution in [0.1, 0.15) is 37.7 Å². The number of carbonyl (C=O) groups is 2. The minimum atomic E-state index is -3.54. The van der Waals surface area contributed by atoms with Crippen LogP contribution in [0.5, 0.6) is 0 Å². The third-order valence-electron chi connectivity index (χ3n) is 5.19. The summed E-state index contributed by atoms with van der Waals surface area (Å²) in [6.45, 7) is 0.237. The van der Waals surface area contributed by atoms with Gasteiger partial charge in [-0.2, -0.15) is 0 Å². The van der Waals surface area contributed by atoms with E-state index in [9.17, 15) is 18.0 Å². The molecule has 7 nitrogen and oxygen atoms in total. The van der Waals surface area contributed by atoms with Crippen LogP contribution in [0.15, 0.2) is 53.4 Å². The summed E-state index contributed by atoms with van der Waals surface area (Å²) < 4.78 is 27.9. The molecular formula is C22H26ClN3O4S. The number of rotatable bonds is 7. The van der Waals surface area contributed by atoms with Crippen molar-refractivity contribution in [2.45, 2.75) is 49.5 Å². The molecule has 2 aromatic carbocycles. The van der Waals surface area contributed by atoms with Crippen molar-refractivity contribution in [1.82, 2.24) is 10.0 Å². The predicted molar refractivity (Wildman–Crippen MR) is 120 cm³/mol. The van der Waals surface area contributed by atoms with Crippen molar-refractivity contribution in [3.05, 3.63) is 59.1 Å². The lowest BCUT2D eigenvalue weighted by Crippen LogP contribution is -2.36. The Morgan fingerprint density at radius 3 is 2.29 bits per heavy atom. The molecule has 0 saturated heterocycles. The highest BCUT2D eigenvalue weighted by Crippen LogP contribution is 2.21. The summed E-state index contributed by atoms with van der Waals surface area (Å²) in [6.07, 6.45) is 5.47. The first-order chi connectivity index (χ1) is 14.8. The van der Waals surface area contributed by atoms with E-state index in [1.165, 1.54) is 0 Å². The summed E-state index contributed by atoms with van der Waals surface area (Å²) in [5.74, 6) is -1.57. The van der Waals surface area contributed by atoms with Gasteiger partial charge in [0.15, 0.2) is 0 Å². The summed E-state index contributed by atoms with van der Waals surface area (Å²) in [5, 5.41) is 5.35. The Balaban J connectivity index is 1.47. The normalized spacial score (nSPS) is 14.7. The second-order valence-electron chi connectivity index (χ2n) is 7.54. The minimum Gasteiger partial charge on any atom is -0.347 e. The van der Waals surface area contributed by atoms with Crippen LogP contribution >= 0.6 is 11.6 Å². The van der Waals surface area contributed by atoms with Gasteiger partial charge in [-0.25, -0.2) is 13.1 Å². The highest BCUT2D eigenvalue weighted by atomic mass is 35.5. The van der Waals surface area contributed by atoms with Crippen LogP contribution < -0.4 is 15.4 Å². The number of carbonyl (C=O) groups excluding carboxylic acids is 2. The summed E-state index contributed by atoms with van der Waals surface area (Å²) in [6, 6.07) is 13.2. The molecular weight excluding hydrogens is 438 g/mol.